The summed E-state index contributed by atoms with van der Waals surface area (Å²) < 4.78 is 73.1. The van der Waals surface area contributed by atoms with Gasteiger partial charge in [-0.2, -0.15) is 13.1 Å². The zero-order valence-electron chi connectivity index (χ0n) is 26.0. The first kappa shape index (κ1) is 33.1. The standard InChI is InChI=1S/C34H43F2N3O5S/c1-3-4-21-43-28-14-11-26(12-15-28)34(35,36)32(33(40)39-19-17-27(37)18-20-39)38(2)45(41,42)31-16-10-24-22-30(13-9-25(24)23-31)44-29-7-5-6-8-29/h9-16,22-23,27,29,32H,3-8,17-21,37H2,1-2H3/t32-/m0/s1. The number of carbonyl (C=O) groups excluding carboxylic acids is 1. The molecule has 3 aromatic rings. The number of ether oxygens (including phenoxy) is 2. The van der Waals surface area contributed by atoms with Crippen molar-refractivity contribution in [3.05, 3.63) is 66.2 Å². The van der Waals surface area contributed by atoms with Crippen molar-refractivity contribution in [3.63, 3.8) is 0 Å². The predicted molar refractivity (Wildman–Crippen MR) is 170 cm³/mol. The highest BCUT2D eigenvalue weighted by Gasteiger charge is 2.53. The summed E-state index contributed by atoms with van der Waals surface area (Å²) in [6, 6.07) is 12.6. The summed E-state index contributed by atoms with van der Waals surface area (Å²) in [5, 5.41) is 1.37. The van der Waals surface area contributed by atoms with Crippen molar-refractivity contribution in [2.24, 2.45) is 5.73 Å². The molecule has 1 atom stereocenters. The summed E-state index contributed by atoms with van der Waals surface area (Å²) in [6.07, 6.45) is 7.10. The Labute approximate surface area is 264 Å². The molecule has 11 heteroatoms. The van der Waals surface area contributed by atoms with E-state index >= 15 is 8.78 Å². The molecule has 0 radical (unpaired) electrons. The van der Waals surface area contributed by atoms with E-state index in [9.17, 15) is 13.2 Å². The van der Waals surface area contributed by atoms with Crippen LogP contribution < -0.4 is 15.2 Å². The van der Waals surface area contributed by atoms with Crippen molar-refractivity contribution < 1.29 is 31.5 Å². The topological polar surface area (TPSA) is 102 Å². The van der Waals surface area contributed by atoms with Crippen LogP contribution in [0.15, 0.2) is 65.6 Å². The third-order valence-corrected chi connectivity index (χ3v) is 10.7. The first-order valence-corrected chi connectivity index (χ1v) is 17.3. The van der Waals surface area contributed by atoms with Gasteiger partial charge in [0, 0.05) is 31.7 Å². The van der Waals surface area contributed by atoms with Crippen molar-refractivity contribution >= 4 is 26.7 Å². The average molecular weight is 644 g/mol. The molecule has 8 nitrogen and oxygen atoms in total. The lowest BCUT2D eigenvalue weighted by atomic mass is 9.98. The summed E-state index contributed by atoms with van der Waals surface area (Å²) in [7, 11) is -3.49. The molecule has 1 aliphatic heterocycles. The molecule has 0 spiro atoms. The molecule has 2 fully saturated rings. The second kappa shape index (κ2) is 14.0. The Balaban J connectivity index is 1.45. The molecular formula is C34H43F2N3O5S. The number of piperidine rings is 1. The number of benzene rings is 3. The zero-order valence-corrected chi connectivity index (χ0v) is 26.8. The average Bonchev–Trinajstić information content (AvgIpc) is 3.54. The number of alkyl halides is 2. The summed E-state index contributed by atoms with van der Waals surface area (Å²) in [6.45, 7) is 2.81. The Bertz CT molecular complexity index is 1570. The van der Waals surface area contributed by atoms with Gasteiger partial charge in [0.2, 0.25) is 15.9 Å². The van der Waals surface area contributed by atoms with E-state index in [2.05, 4.69) is 0 Å². The number of rotatable bonds is 12. The number of halogens is 2. The highest BCUT2D eigenvalue weighted by molar-refractivity contribution is 7.89. The van der Waals surface area contributed by atoms with Crippen molar-refractivity contribution in [3.8, 4) is 11.5 Å². The monoisotopic (exact) mass is 643 g/mol. The maximum Gasteiger partial charge on any atom is 0.298 e. The van der Waals surface area contributed by atoms with Crippen molar-refractivity contribution in [2.75, 3.05) is 26.7 Å². The van der Waals surface area contributed by atoms with E-state index in [-0.39, 0.29) is 30.1 Å². The molecular weight excluding hydrogens is 600 g/mol. The van der Waals surface area contributed by atoms with Crippen molar-refractivity contribution in [1.29, 1.82) is 0 Å². The Morgan fingerprint density at radius 2 is 1.60 bits per heavy atom. The molecule has 1 saturated heterocycles. The molecule has 3 aromatic carbocycles. The number of nitrogens with zero attached hydrogens (tertiary/aromatic N) is 2. The van der Waals surface area contributed by atoms with Crippen LogP contribution in [-0.2, 0) is 20.7 Å². The zero-order chi connectivity index (χ0) is 32.2. The number of unbranched alkanes of at least 4 members (excludes halogenated alkanes) is 1. The Morgan fingerprint density at radius 1 is 0.978 bits per heavy atom. The van der Waals surface area contributed by atoms with Gasteiger partial charge in [-0.1, -0.05) is 25.5 Å². The fourth-order valence-corrected chi connectivity index (χ4v) is 7.39. The van der Waals surface area contributed by atoms with Gasteiger partial charge in [0.15, 0.2) is 6.04 Å². The number of fused-ring (bicyclic) bond motifs is 1. The molecule has 244 valence electrons. The summed E-state index contributed by atoms with van der Waals surface area (Å²) >= 11 is 0. The van der Waals surface area contributed by atoms with Gasteiger partial charge in [0.25, 0.3) is 5.92 Å². The summed E-state index contributed by atoms with van der Waals surface area (Å²) in [5.74, 6) is -3.69. The fourth-order valence-electron chi connectivity index (χ4n) is 6.04. The largest absolute Gasteiger partial charge is 0.494 e. The maximum absolute atomic E-state index is 16.5. The lowest BCUT2D eigenvalue weighted by Gasteiger charge is -2.38. The number of likely N-dealkylation sites (tertiary alicyclic amines) is 1. The number of hydrogen-bond acceptors (Lipinski definition) is 6. The van der Waals surface area contributed by atoms with Crippen LogP contribution in [0.2, 0.25) is 0 Å². The van der Waals surface area contributed by atoms with Crippen molar-refractivity contribution in [1.82, 2.24) is 9.21 Å². The van der Waals surface area contributed by atoms with Gasteiger partial charge in [-0.25, -0.2) is 8.42 Å². The van der Waals surface area contributed by atoms with Crippen LogP contribution in [-0.4, -0.2) is 68.5 Å². The van der Waals surface area contributed by atoms with E-state index in [1.165, 1.54) is 41.3 Å². The van der Waals surface area contributed by atoms with Gasteiger partial charge in [-0.15, -0.1) is 0 Å². The Morgan fingerprint density at radius 3 is 2.27 bits per heavy atom. The van der Waals surface area contributed by atoms with Gasteiger partial charge in [-0.05, 0) is 104 Å². The van der Waals surface area contributed by atoms with E-state index in [1.54, 1.807) is 18.2 Å². The quantitative estimate of drug-likeness (QED) is 0.241. The number of sulfonamides is 1. The number of carbonyl (C=O) groups is 1. The van der Waals surface area contributed by atoms with Crippen LogP contribution in [0.1, 0.15) is 63.9 Å². The van der Waals surface area contributed by atoms with E-state index in [0.29, 0.717) is 40.6 Å². The maximum atomic E-state index is 16.5. The summed E-state index contributed by atoms with van der Waals surface area (Å²) in [4.78, 5) is 14.9. The van der Waals surface area contributed by atoms with Gasteiger partial charge in [0.05, 0.1) is 17.6 Å². The fraction of sp³-hybridized carbons (Fsp3) is 0.500. The molecule has 1 aliphatic carbocycles. The first-order chi connectivity index (χ1) is 21.5. The lowest BCUT2D eigenvalue weighted by molar-refractivity contribution is -0.151. The number of likely N-dealkylation sites (N-methyl/N-ethyl adjacent to an activating group) is 1. The molecule has 1 saturated carbocycles. The Kier molecular flexibility index (Phi) is 10.3. The van der Waals surface area contributed by atoms with Crippen LogP contribution in [0.3, 0.4) is 0 Å². The molecule has 2 N–H and O–H groups in total. The SMILES string of the molecule is CCCCOc1ccc(C(F)(F)[C@H](C(=O)N2CCC(N)CC2)N(C)S(=O)(=O)c2ccc3cc(OC4CCCC4)ccc3c2)cc1. The number of nitrogens with two attached hydrogens (primary N) is 1. The van der Waals surface area contributed by atoms with Crippen LogP contribution in [0.4, 0.5) is 8.78 Å². The van der Waals surface area contributed by atoms with E-state index in [4.69, 9.17) is 15.2 Å². The van der Waals surface area contributed by atoms with E-state index in [1.807, 2.05) is 13.0 Å². The normalized spacial score (nSPS) is 17.6. The molecule has 45 heavy (non-hydrogen) atoms. The van der Waals surface area contributed by atoms with Gasteiger partial charge >= 0.3 is 0 Å². The van der Waals surface area contributed by atoms with E-state index in [0.717, 1.165) is 51.0 Å². The molecule has 0 unspecified atom stereocenters. The summed E-state index contributed by atoms with van der Waals surface area (Å²) in [5.41, 5.74) is 5.52. The van der Waals surface area contributed by atoms with Gasteiger partial charge in [-0.3, -0.25) is 4.79 Å². The number of hydrogen-bond donors (Lipinski definition) is 1. The lowest BCUT2D eigenvalue weighted by Crippen LogP contribution is -2.58. The van der Waals surface area contributed by atoms with Crippen LogP contribution in [0.5, 0.6) is 11.5 Å². The molecule has 0 aromatic heterocycles. The molecule has 5 rings (SSSR count). The molecule has 0 bridgehead atoms. The number of amides is 1. The predicted octanol–water partition coefficient (Wildman–Crippen LogP) is 6.07. The van der Waals surface area contributed by atoms with E-state index < -0.39 is 33.5 Å². The minimum atomic E-state index is -4.54. The minimum Gasteiger partial charge on any atom is -0.494 e. The highest BCUT2D eigenvalue weighted by Crippen LogP contribution is 2.39. The molecule has 2 aliphatic rings. The second-order valence-corrected chi connectivity index (χ2v) is 14.1. The Hall–Kier alpha value is -3.28. The minimum absolute atomic E-state index is 0.142. The van der Waals surface area contributed by atoms with Gasteiger partial charge < -0.3 is 20.1 Å². The van der Waals surface area contributed by atoms with Crippen molar-refractivity contribution in [2.45, 2.75) is 87.3 Å². The van der Waals surface area contributed by atoms with Gasteiger partial charge in [0.1, 0.15) is 11.5 Å². The third kappa shape index (κ3) is 7.42. The second-order valence-electron chi connectivity index (χ2n) is 12.1. The highest BCUT2D eigenvalue weighted by atomic mass is 32.2. The smallest absolute Gasteiger partial charge is 0.298 e. The van der Waals surface area contributed by atoms with Crippen LogP contribution >= 0.6 is 0 Å². The van der Waals surface area contributed by atoms with Crippen LogP contribution in [0.25, 0.3) is 10.8 Å². The molecule has 1 heterocycles. The van der Waals surface area contributed by atoms with Crippen LogP contribution in [0, 0.1) is 0 Å². The first-order valence-electron chi connectivity index (χ1n) is 15.8. The molecule has 1 amide bonds. The third-order valence-electron chi connectivity index (χ3n) is 8.86.